The van der Waals surface area contributed by atoms with Gasteiger partial charge in [0.2, 0.25) is 5.91 Å². The number of carboxylic acids is 1. The molecule has 148 valence electrons. The molecule has 0 aromatic heterocycles. The van der Waals surface area contributed by atoms with Gasteiger partial charge in [-0.15, -0.1) is 0 Å². The Bertz CT molecular complexity index is 852. The Hall–Kier alpha value is -2.08. The summed E-state index contributed by atoms with van der Waals surface area (Å²) in [6.07, 6.45) is -0.531. The zero-order chi connectivity index (χ0) is 20.4. The van der Waals surface area contributed by atoms with Gasteiger partial charge in [0.1, 0.15) is 18.8 Å². The minimum atomic E-state index is -1.04. The van der Waals surface area contributed by atoms with Gasteiger partial charge in [-0.1, -0.05) is 61.3 Å². The molecule has 1 aliphatic rings. The van der Waals surface area contributed by atoms with Gasteiger partial charge in [0, 0.05) is 10.0 Å². The molecule has 0 spiro atoms. The maximum Gasteiger partial charge on any atom is 0.326 e. The van der Waals surface area contributed by atoms with Crippen molar-refractivity contribution < 1.29 is 19.4 Å². The first-order chi connectivity index (χ1) is 13.3. The highest BCUT2D eigenvalue weighted by molar-refractivity contribution is 6.30. The normalized spacial score (nSPS) is 21.0. The van der Waals surface area contributed by atoms with Crippen LogP contribution in [0.1, 0.15) is 37.1 Å². The lowest BCUT2D eigenvalue weighted by molar-refractivity contribution is -0.173. The molecule has 1 saturated heterocycles. The number of nitrogens with zero attached hydrogens (tertiary/aromatic N) is 1. The zero-order valence-corrected chi connectivity index (χ0v) is 17.0. The van der Waals surface area contributed by atoms with Crippen LogP contribution in [0.2, 0.25) is 10.0 Å². The number of carboxylic acid groups (broad SMARTS) is 1. The molecule has 0 bridgehead atoms. The predicted molar refractivity (Wildman–Crippen MR) is 107 cm³/mol. The Kier molecular flexibility index (Phi) is 6.28. The van der Waals surface area contributed by atoms with Crippen LogP contribution >= 0.6 is 23.2 Å². The maximum atomic E-state index is 12.8. The summed E-state index contributed by atoms with van der Waals surface area (Å²) in [6.45, 7) is 3.39. The van der Waals surface area contributed by atoms with E-state index >= 15 is 0 Å². The van der Waals surface area contributed by atoms with Crippen LogP contribution in [0.3, 0.4) is 0 Å². The van der Waals surface area contributed by atoms with Crippen molar-refractivity contribution in [2.45, 2.75) is 32.0 Å². The molecule has 28 heavy (non-hydrogen) atoms. The molecule has 2 aromatic carbocycles. The average Bonchev–Trinajstić information content (AvgIpc) is 2.64. The van der Waals surface area contributed by atoms with Crippen molar-refractivity contribution in [1.82, 2.24) is 4.90 Å². The number of carbonyl (C=O) groups is 2. The summed E-state index contributed by atoms with van der Waals surface area (Å²) in [6, 6.07) is 12.6. The van der Waals surface area contributed by atoms with Crippen molar-refractivity contribution in [3.8, 4) is 0 Å². The van der Waals surface area contributed by atoms with E-state index < -0.39 is 24.2 Å². The molecule has 0 unspecified atom stereocenters. The fraction of sp³-hybridized carbons (Fsp3) is 0.333. The van der Waals surface area contributed by atoms with Crippen LogP contribution in [-0.2, 0) is 14.3 Å². The van der Waals surface area contributed by atoms with Crippen LogP contribution in [0.25, 0.3) is 0 Å². The number of ether oxygens (including phenoxy) is 1. The topological polar surface area (TPSA) is 66.8 Å². The van der Waals surface area contributed by atoms with E-state index in [9.17, 15) is 14.7 Å². The van der Waals surface area contributed by atoms with Gasteiger partial charge in [-0.05, 0) is 41.3 Å². The predicted octanol–water partition coefficient (Wildman–Crippen LogP) is 4.74. The number of amides is 1. The molecule has 0 aliphatic carbocycles. The Morgan fingerprint density at radius 2 is 1.54 bits per heavy atom. The third kappa shape index (κ3) is 4.17. The van der Waals surface area contributed by atoms with Gasteiger partial charge in [0.05, 0.1) is 6.04 Å². The molecule has 3 rings (SSSR count). The molecule has 2 aromatic rings. The van der Waals surface area contributed by atoms with Crippen molar-refractivity contribution in [3.63, 3.8) is 0 Å². The smallest absolute Gasteiger partial charge is 0.326 e. The van der Waals surface area contributed by atoms with Crippen LogP contribution in [0, 0.1) is 5.92 Å². The third-order valence-electron chi connectivity index (χ3n) is 4.86. The van der Waals surface area contributed by atoms with Crippen molar-refractivity contribution in [2.24, 2.45) is 5.92 Å². The molecule has 0 saturated carbocycles. The summed E-state index contributed by atoms with van der Waals surface area (Å²) in [5.74, 6) is -1.68. The molecular weight excluding hydrogens is 401 g/mol. The van der Waals surface area contributed by atoms with E-state index in [0.29, 0.717) is 10.0 Å². The first-order valence-electron chi connectivity index (χ1n) is 8.96. The fourth-order valence-electron chi connectivity index (χ4n) is 3.61. The molecule has 1 aliphatic heterocycles. The first kappa shape index (κ1) is 20.6. The molecule has 1 amide bonds. The summed E-state index contributed by atoms with van der Waals surface area (Å²) in [4.78, 5) is 26.3. The summed E-state index contributed by atoms with van der Waals surface area (Å²) < 4.78 is 5.89. The lowest BCUT2D eigenvalue weighted by Gasteiger charge is -2.45. The zero-order valence-electron chi connectivity index (χ0n) is 15.5. The Balaban J connectivity index is 2.14. The van der Waals surface area contributed by atoms with Gasteiger partial charge < -0.3 is 14.7 Å². The monoisotopic (exact) mass is 421 g/mol. The Morgan fingerprint density at radius 1 is 1.04 bits per heavy atom. The second-order valence-corrected chi connectivity index (χ2v) is 7.98. The van der Waals surface area contributed by atoms with E-state index in [4.69, 9.17) is 27.9 Å². The van der Waals surface area contributed by atoms with Gasteiger partial charge >= 0.3 is 5.97 Å². The number of morpholine rings is 1. The second kappa shape index (κ2) is 8.52. The Morgan fingerprint density at radius 3 is 2.00 bits per heavy atom. The number of benzene rings is 2. The highest BCUT2D eigenvalue weighted by Crippen LogP contribution is 2.42. The van der Waals surface area contributed by atoms with Crippen LogP contribution in [-0.4, -0.2) is 34.5 Å². The average molecular weight is 422 g/mol. The molecular formula is C21H21Cl2NO4. The molecule has 1 fully saturated rings. The Labute approximate surface area is 173 Å². The highest BCUT2D eigenvalue weighted by atomic mass is 35.5. The number of carbonyl (C=O) groups excluding carboxylic acids is 1. The lowest BCUT2D eigenvalue weighted by Crippen LogP contribution is -2.55. The number of aliphatic carboxylic acids is 1. The number of hydrogen-bond acceptors (Lipinski definition) is 3. The van der Waals surface area contributed by atoms with Crippen LogP contribution in [0.4, 0.5) is 0 Å². The van der Waals surface area contributed by atoms with Gasteiger partial charge in [0.15, 0.2) is 0 Å². The van der Waals surface area contributed by atoms with Gasteiger partial charge in [-0.2, -0.15) is 0 Å². The van der Waals surface area contributed by atoms with Crippen LogP contribution in [0.15, 0.2) is 48.5 Å². The van der Waals surface area contributed by atoms with Crippen molar-refractivity contribution in [2.75, 3.05) is 6.61 Å². The van der Waals surface area contributed by atoms with E-state index in [1.165, 1.54) is 4.90 Å². The standard InChI is InChI=1S/C21H21Cl2NO4/c1-12(2)18(21(26)27)24-17(25)11-28-20(14-5-9-16(23)10-6-14)19(24)13-3-7-15(22)8-4-13/h3-10,12,18-20H,11H2,1-2H3,(H,26,27)/t18-,19+,20-/m1/s1. The minimum Gasteiger partial charge on any atom is -0.480 e. The fourth-order valence-corrected chi connectivity index (χ4v) is 3.86. The SMILES string of the molecule is CC(C)[C@H](C(=O)O)N1C(=O)CO[C@H](c2ccc(Cl)cc2)[C@@H]1c1ccc(Cl)cc1. The summed E-state index contributed by atoms with van der Waals surface area (Å²) in [5.41, 5.74) is 1.57. The van der Waals surface area contributed by atoms with Gasteiger partial charge in [-0.25, -0.2) is 4.79 Å². The molecule has 1 heterocycles. The highest BCUT2D eigenvalue weighted by Gasteiger charge is 2.45. The number of halogens is 2. The van der Waals surface area contributed by atoms with E-state index in [2.05, 4.69) is 0 Å². The second-order valence-electron chi connectivity index (χ2n) is 7.11. The summed E-state index contributed by atoms with van der Waals surface area (Å²) in [5, 5.41) is 11.0. The molecule has 1 N–H and O–H groups in total. The largest absolute Gasteiger partial charge is 0.480 e. The lowest BCUT2D eigenvalue weighted by atomic mass is 9.89. The maximum absolute atomic E-state index is 12.8. The first-order valence-corrected chi connectivity index (χ1v) is 9.71. The summed E-state index contributed by atoms with van der Waals surface area (Å²) >= 11 is 12.0. The number of hydrogen-bond donors (Lipinski definition) is 1. The van der Waals surface area contributed by atoms with E-state index in [1.54, 1.807) is 50.2 Å². The van der Waals surface area contributed by atoms with Gasteiger partial charge in [-0.3, -0.25) is 4.79 Å². The molecule has 3 atom stereocenters. The molecule has 0 radical (unpaired) electrons. The molecule has 5 nitrogen and oxygen atoms in total. The number of rotatable bonds is 5. The van der Waals surface area contributed by atoms with E-state index in [0.717, 1.165) is 11.1 Å². The third-order valence-corrected chi connectivity index (χ3v) is 5.36. The van der Waals surface area contributed by atoms with E-state index in [-0.39, 0.29) is 18.4 Å². The summed E-state index contributed by atoms with van der Waals surface area (Å²) in [7, 11) is 0. The van der Waals surface area contributed by atoms with Crippen LogP contribution in [0.5, 0.6) is 0 Å². The molecule has 7 heteroatoms. The van der Waals surface area contributed by atoms with Crippen LogP contribution < -0.4 is 0 Å². The van der Waals surface area contributed by atoms with Crippen molar-refractivity contribution >= 4 is 35.1 Å². The van der Waals surface area contributed by atoms with Crippen molar-refractivity contribution in [1.29, 1.82) is 0 Å². The minimum absolute atomic E-state index is 0.187. The quantitative estimate of drug-likeness (QED) is 0.756. The van der Waals surface area contributed by atoms with Crippen molar-refractivity contribution in [3.05, 3.63) is 69.7 Å². The van der Waals surface area contributed by atoms with Gasteiger partial charge in [0.25, 0.3) is 0 Å². The van der Waals surface area contributed by atoms with E-state index in [1.807, 2.05) is 12.1 Å².